The number of hydrogen-bond acceptors (Lipinski definition) is 4. The molecule has 3 rings (SSSR count). The number of aromatic nitrogens is 1. The van der Waals surface area contributed by atoms with E-state index >= 15 is 0 Å². The summed E-state index contributed by atoms with van der Waals surface area (Å²) in [6.45, 7) is 2.31. The molecule has 0 radical (unpaired) electrons. The zero-order valence-corrected chi connectivity index (χ0v) is 11.4. The van der Waals surface area contributed by atoms with Crippen molar-refractivity contribution in [3.63, 3.8) is 0 Å². The van der Waals surface area contributed by atoms with Crippen LogP contribution in [0.4, 0.5) is 11.5 Å². The maximum absolute atomic E-state index is 9.87. The highest BCUT2D eigenvalue weighted by molar-refractivity contribution is 5.52. The molecule has 3 N–H and O–H groups in total. The topological polar surface area (TPSA) is 62.4 Å². The first kappa shape index (κ1) is 12.7. The summed E-state index contributed by atoms with van der Waals surface area (Å²) in [6, 6.07) is 3.95. The molecule has 1 saturated carbocycles. The Bertz CT molecular complexity index is 447. The summed E-state index contributed by atoms with van der Waals surface area (Å²) in [4.78, 5) is 6.41. The lowest BCUT2D eigenvalue weighted by molar-refractivity contribution is 0.0904. The molecule has 0 unspecified atom stereocenters. The second kappa shape index (κ2) is 5.00. The van der Waals surface area contributed by atoms with Gasteiger partial charge in [0.05, 0.1) is 6.61 Å². The first-order valence-electron chi connectivity index (χ1n) is 7.28. The fourth-order valence-corrected chi connectivity index (χ4v) is 3.36. The molecule has 1 aliphatic carbocycles. The lowest BCUT2D eigenvalue weighted by atomic mass is 9.76. The first-order chi connectivity index (χ1) is 9.21. The molecular formula is C15H23N3O. The van der Waals surface area contributed by atoms with Crippen LogP contribution in [0.5, 0.6) is 0 Å². The number of hydrogen-bond donors (Lipinski definition) is 2. The molecule has 1 aliphatic heterocycles. The van der Waals surface area contributed by atoms with Gasteiger partial charge in [-0.2, -0.15) is 0 Å². The minimum Gasteiger partial charge on any atom is -0.396 e. The molecule has 4 nitrogen and oxygen atoms in total. The Balaban J connectivity index is 1.75. The quantitative estimate of drug-likeness (QED) is 0.870. The smallest absolute Gasteiger partial charge is 0.125 e. The van der Waals surface area contributed by atoms with E-state index in [1.807, 2.05) is 12.1 Å². The number of piperidine rings is 1. The molecule has 0 bridgehead atoms. The van der Waals surface area contributed by atoms with Crippen LogP contribution >= 0.6 is 0 Å². The third kappa shape index (κ3) is 2.84. The summed E-state index contributed by atoms with van der Waals surface area (Å²) in [5.41, 5.74) is 7.00. The van der Waals surface area contributed by atoms with E-state index in [-0.39, 0.29) is 5.41 Å². The van der Waals surface area contributed by atoms with Crippen LogP contribution in [0, 0.1) is 11.3 Å². The highest BCUT2D eigenvalue weighted by Crippen LogP contribution is 2.45. The Labute approximate surface area is 114 Å². The molecular weight excluding hydrogens is 238 g/mol. The number of rotatable bonds is 4. The molecule has 2 aliphatic rings. The standard InChI is InChI=1S/C15H23N3O/c16-14-8-13(4-6-17-14)18-7-1-5-15(10-18,11-19)9-12-2-3-12/h4,6,8,12,19H,1-3,5,7,9-11H2,(H2,16,17)/t15-/m1/s1. The monoisotopic (exact) mass is 261 g/mol. The summed E-state index contributed by atoms with van der Waals surface area (Å²) in [7, 11) is 0. The molecule has 0 spiro atoms. The second-order valence-electron chi connectivity index (χ2n) is 6.27. The molecule has 1 atom stereocenters. The minimum atomic E-state index is 0.0947. The number of aliphatic hydroxyl groups excluding tert-OH is 1. The number of aliphatic hydroxyl groups is 1. The van der Waals surface area contributed by atoms with Crippen LogP contribution in [0.3, 0.4) is 0 Å². The zero-order valence-electron chi connectivity index (χ0n) is 11.4. The maximum atomic E-state index is 9.87. The zero-order chi connectivity index (χ0) is 13.3. The van der Waals surface area contributed by atoms with Gasteiger partial charge in [0.15, 0.2) is 0 Å². The van der Waals surface area contributed by atoms with E-state index in [0.717, 1.165) is 37.5 Å². The third-order valence-electron chi connectivity index (χ3n) is 4.55. The summed E-state index contributed by atoms with van der Waals surface area (Å²) < 4.78 is 0. The summed E-state index contributed by atoms with van der Waals surface area (Å²) in [5.74, 6) is 1.43. The molecule has 1 aromatic heterocycles. The maximum Gasteiger partial charge on any atom is 0.125 e. The van der Waals surface area contributed by atoms with Gasteiger partial charge in [-0.25, -0.2) is 4.98 Å². The average Bonchev–Trinajstić information content (AvgIpc) is 3.23. The molecule has 0 aromatic carbocycles. The van der Waals surface area contributed by atoms with E-state index in [2.05, 4.69) is 9.88 Å². The van der Waals surface area contributed by atoms with E-state index in [0.29, 0.717) is 12.4 Å². The van der Waals surface area contributed by atoms with Crippen molar-refractivity contribution < 1.29 is 5.11 Å². The average molecular weight is 261 g/mol. The van der Waals surface area contributed by atoms with Crippen molar-refractivity contribution in [3.8, 4) is 0 Å². The minimum absolute atomic E-state index is 0.0947. The lowest BCUT2D eigenvalue weighted by Gasteiger charge is -2.43. The van der Waals surface area contributed by atoms with Gasteiger partial charge in [0.2, 0.25) is 0 Å². The van der Waals surface area contributed by atoms with E-state index in [9.17, 15) is 5.11 Å². The van der Waals surface area contributed by atoms with Crippen molar-refractivity contribution in [1.82, 2.24) is 4.98 Å². The van der Waals surface area contributed by atoms with Crippen LogP contribution in [0.15, 0.2) is 18.3 Å². The van der Waals surface area contributed by atoms with Crippen LogP contribution < -0.4 is 10.6 Å². The Hall–Kier alpha value is -1.29. The molecule has 2 heterocycles. The van der Waals surface area contributed by atoms with Crippen molar-refractivity contribution >= 4 is 11.5 Å². The van der Waals surface area contributed by atoms with Gasteiger partial charge in [-0.1, -0.05) is 12.8 Å². The molecule has 1 saturated heterocycles. The number of nitrogens with two attached hydrogens (primary N) is 1. The Morgan fingerprint density at radius 2 is 2.32 bits per heavy atom. The predicted molar refractivity (Wildman–Crippen MR) is 77.0 cm³/mol. The SMILES string of the molecule is Nc1cc(N2CCC[C@@](CO)(CC3CC3)C2)ccn1. The third-order valence-corrected chi connectivity index (χ3v) is 4.55. The van der Waals surface area contributed by atoms with Crippen molar-refractivity contribution in [3.05, 3.63) is 18.3 Å². The molecule has 104 valence electrons. The fourth-order valence-electron chi connectivity index (χ4n) is 3.36. The fraction of sp³-hybridized carbons (Fsp3) is 0.667. The Kier molecular flexibility index (Phi) is 3.35. The molecule has 19 heavy (non-hydrogen) atoms. The van der Waals surface area contributed by atoms with E-state index < -0.39 is 0 Å². The van der Waals surface area contributed by atoms with Crippen LogP contribution in [0.25, 0.3) is 0 Å². The number of anilines is 2. The molecule has 4 heteroatoms. The van der Waals surface area contributed by atoms with Gasteiger partial charge in [-0.05, 0) is 31.2 Å². The van der Waals surface area contributed by atoms with Gasteiger partial charge in [-0.3, -0.25) is 0 Å². The van der Waals surface area contributed by atoms with Crippen molar-refractivity contribution in [1.29, 1.82) is 0 Å². The van der Waals surface area contributed by atoms with Crippen LogP contribution in [0.2, 0.25) is 0 Å². The van der Waals surface area contributed by atoms with Gasteiger partial charge < -0.3 is 15.7 Å². The highest BCUT2D eigenvalue weighted by Gasteiger charge is 2.39. The van der Waals surface area contributed by atoms with Crippen molar-refractivity contribution in [2.75, 3.05) is 30.3 Å². The number of nitrogen functional groups attached to an aromatic ring is 1. The van der Waals surface area contributed by atoms with Crippen LogP contribution in [-0.4, -0.2) is 29.8 Å². The lowest BCUT2D eigenvalue weighted by Crippen LogP contribution is -2.45. The normalized spacial score (nSPS) is 27.5. The molecule has 0 amide bonds. The van der Waals surface area contributed by atoms with Gasteiger partial charge in [0, 0.05) is 36.5 Å². The second-order valence-corrected chi connectivity index (χ2v) is 6.27. The molecule has 1 aromatic rings. The van der Waals surface area contributed by atoms with Crippen molar-refractivity contribution in [2.45, 2.75) is 32.1 Å². The summed E-state index contributed by atoms with van der Waals surface area (Å²) in [6.07, 6.45) is 7.95. The van der Waals surface area contributed by atoms with E-state index in [1.54, 1.807) is 6.20 Å². The van der Waals surface area contributed by atoms with Gasteiger partial charge in [0.1, 0.15) is 5.82 Å². The van der Waals surface area contributed by atoms with E-state index in [4.69, 9.17) is 5.73 Å². The molecule has 2 fully saturated rings. The highest BCUT2D eigenvalue weighted by atomic mass is 16.3. The Morgan fingerprint density at radius 3 is 3.00 bits per heavy atom. The van der Waals surface area contributed by atoms with Gasteiger partial charge in [-0.15, -0.1) is 0 Å². The largest absolute Gasteiger partial charge is 0.396 e. The predicted octanol–water partition coefficient (Wildman–Crippen LogP) is 2.04. The van der Waals surface area contributed by atoms with Crippen molar-refractivity contribution in [2.24, 2.45) is 11.3 Å². The number of nitrogens with zero attached hydrogens (tertiary/aromatic N) is 2. The first-order valence-corrected chi connectivity index (χ1v) is 7.28. The van der Waals surface area contributed by atoms with E-state index in [1.165, 1.54) is 19.3 Å². The van der Waals surface area contributed by atoms with Gasteiger partial charge >= 0.3 is 0 Å². The Morgan fingerprint density at radius 1 is 1.47 bits per heavy atom. The summed E-state index contributed by atoms with van der Waals surface area (Å²) >= 11 is 0. The number of pyridine rings is 1. The van der Waals surface area contributed by atoms with Crippen LogP contribution in [0.1, 0.15) is 32.1 Å². The van der Waals surface area contributed by atoms with Crippen LogP contribution in [-0.2, 0) is 0 Å². The summed E-state index contributed by atoms with van der Waals surface area (Å²) in [5, 5.41) is 9.87. The van der Waals surface area contributed by atoms with Gasteiger partial charge in [0.25, 0.3) is 0 Å².